The summed E-state index contributed by atoms with van der Waals surface area (Å²) in [6, 6.07) is 15.9. The number of benzene rings is 2. The quantitative estimate of drug-likeness (QED) is 0.701. The number of nitrogens with one attached hydrogen (secondary N) is 1. The second-order valence-electron chi connectivity index (χ2n) is 8.31. The third-order valence-corrected chi connectivity index (χ3v) is 7.53. The maximum atomic E-state index is 13.0. The lowest BCUT2D eigenvalue weighted by molar-refractivity contribution is 0.0712. The fourth-order valence-electron chi connectivity index (χ4n) is 4.74. The van der Waals surface area contributed by atoms with E-state index in [0.717, 1.165) is 37.0 Å². The Morgan fingerprint density at radius 2 is 1.80 bits per heavy atom. The number of hydrogen-bond donors (Lipinski definition) is 1. The van der Waals surface area contributed by atoms with Gasteiger partial charge in [-0.05, 0) is 60.5 Å². The third kappa shape index (κ3) is 3.37. The normalized spacial score (nSPS) is 17.5. The molecular weight excluding hydrogens is 398 g/mol. The van der Waals surface area contributed by atoms with Crippen LogP contribution in [0.25, 0.3) is 10.9 Å². The number of likely N-dealkylation sites (tertiary alicyclic amines) is 1. The largest absolute Gasteiger partial charge is 0.358 e. The number of piperidine rings is 1. The molecule has 156 valence electrons. The number of carbonyl (C=O) groups excluding carboxylic acids is 1. The first-order chi connectivity index (χ1) is 14.4. The summed E-state index contributed by atoms with van der Waals surface area (Å²) in [5.41, 5.74) is 4.69. The number of aromatic nitrogens is 1. The summed E-state index contributed by atoms with van der Waals surface area (Å²) in [5.74, 6) is 0.468. The summed E-state index contributed by atoms with van der Waals surface area (Å²) in [6.45, 7) is 1.90. The van der Waals surface area contributed by atoms with Gasteiger partial charge in [0.15, 0.2) is 0 Å². The molecule has 7 heteroatoms. The Labute approximate surface area is 176 Å². The van der Waals surface area contributed by atoms with E-state index < -0.39 is 10.0 Å². The van der Waals surface area contributed by atoms with Gasteiger partial charge in [0.2, 0.25) is 10.0 Å². The van der Waals surface area contributed by atoms with E-state index in [0.29, 0.717) is 30.1 Å². The van der Waals surface area contributed by atoms with E-state index in [-0.39, 0.29) is 5.91 Å². The van der Waals surface area contributed by atoms with Crippen molar-refractivity contribution < 1.29 is 13.2 Å². The van der Waals surface area contributed by atoms with Crippen molar-refractivity contribution >= 4 is 32.5 Å². The van der Waals surface area contributed by atoms with Crippen molar-refractivity contribution in [3.05, 3.63) is 65.4 Å². The van der Waals surface area contributed by atoms with Crippen LogP contribution in [0.4, 0.5) is 5.69 Å². The van der Waals surface area contributed by atoms with Gasteiger partial charge in [-0.15, -0.1) is 0 Å². The topological polar surface area (TPSA) is 73.5 Å². The van der Waals surface area contributed by atoms with Gasteiger partial charge >= 0.3 is 0 Å². The minimum absolute atomic E-state index is 0.0331. The Hall–Kier alpha value is -2.80. The Kier molecular flexibility index (Phi) is 4.58. The fourth-order valence-corrected chi connectivity index (χ4v) is 5.70. The van der Waals surface area contributed by atoms with Crippen LogP contribution in [-0.2, 0) is 16.4 Å². The molecule has 0 spiro atoms. The number of fused-ring (bicyclic) bond motifs is 2. The van der Waals surface area contributed by atoms with E-state index in [1.165, 1.54) is 21.6 Å². The molecule has 1 saturated heterocycles. The summed E-state index contributed by atoms with van der Waals surface area (Å²) < 4.78 is 25.2. The van der Waals surface area contributed by atoms with Gasteiger partial charge in [0.05, 0.1) is 11.9 Å². The van der Waals surface area contributed by atoms with Gasteiger partial charge in [-0.1, -0.05) is 18.2 Å². The molecule has 1 fully saturated rings. The van der Waals surface area contributed by atoms with Gasteiger partial charge in [-0.2, -0.15) is 0 Å². The molecule has 2 aromatic carbocycles. The van der Waals surface area contributed by atoms with Gasteiger partial charge in [-0.3, -0.25) is 9.10 Å². The number of nitrogens with zero attached hydrogens (tertiary/aromatic N) is 2. The number of amides is 1. The zero-order valence-electron chi connectivity index (χ0n) is 17.0. The smallest absolute Gasteiger partial charge is 0.253 e. The van der Waals surface area contributed by atoms with Crippen LogP contribution in [0.3, 0.4) is 0 Å². The monoisotopic (exact) mass is 423 g/mol. The average molecular weight is 424 g/mol. The first-order valence-corrected chi connectivity index (χ1v) is 12.2. The van der Waals surface area contributed by atoms with E-state index in [1.807, 2.05) is 23.1 Å². The first-order valence-electron chi connectivity index (χ1n) is 10.4. The maximum Gasteiger partial charge on any atom is 0.253 e. The van der Waals surface area contributed by atoms with Crippen LogP contribution in [0.1, 0.15) is 40.4 Å². The van der Waals surface area contributed by atoms with E-state index in [1.54, 1.807) is 12.1 Å². The predicted molar refractivity (Wildman–Crippen MR) is 119 cm³/mol. The molecule has 0 bridgehead atoms. The fraction of sp³-hybridized carbons (Fsp3) is 0.348. The molecule has 0 atom stereocenters. The molecule has 0 saturated carbocycles. The zero-order valence-corrected chi connectivity index (χ0v) is 17.8. The molecule has 0 radical (unpaired) electrons. The summed E-state index contributed by atoms with van der Waals surface area (Å²) in [7, 11) is -3.28. The van der Waals surface area contributed by atoms with E-state index in [4.69, 9.17) is 0 Å². The summed E-state index contributed by atoms with van der Waals surface area (Å²) in [6.07, 6.45) is 3.74. The van der Waals surface area contributed by atoms with Crippen LogP contribution >= 0.6 is 0 Å². The molecule has 3 aromatic rings. The molecule has 1 aromatic heterocycles. The van der Waals surface area contributed by atoms with Crippen LogP contribution in [0, 0.1) is 0 Å². The Morgan fingerprint density at radius 1 is 1.03 bits per heavy atom. The van der Waals surface area contributed by atoms with Crippen LogP contribution in [0.15, 0.2) is 48.5 Å². The SMILES string of the molecule is CS(=O)(=O)N1CCc2cc(C(=O)N3CCC(c4cc5ccccc5[nH]4)CC3)ccc21. The van der Waals surface area contributed by atoms with Crippen molar-refractivity contribution in [2.24, 2.45) is 0 Å². The number of rotatable bonds is 3. The van der Waals surface area contributed by atoms with Gasteiger partial charge in [0, 0.05) is 42.3 Å². The lowest BCUT2D eigenvalue weighted by atomic mass is 9.93. The molecule has 1 N–H and O–H groups in total. The molecule has 0 unspecified atom stereocenters. The summed E-state index contributed by atoms with van der Waals surface area (Å²) in [5, 5.41) is 1.23. The van der Waals surface area contributed by atoms with Crippen LogP contribution in [0.5, 0.6) is 0 Å². The van der Waals surface area contributed by atoms with Crippen LogP contribution in [0.2, 0.25) is 0 Å². The summed E-state index contributed by atoms with van der Waals surface area (Å²) >= 11 is 0. The van der Waals surface area contributed by atoms with Crippen molar-refractivity contribution in [2.75, 3.05) is 30.2 Å². The lowest BCUT2D eigenvalue weighted by Gasteiger charge is -2.32. The highest BCUT2D eigenvalue weighted by atomic mass is 32.2. The Balaban J connectivity index is 1.28. The number of hydrogen-bond acceptors (Lipinski definition) is 3. The molecule has 2 aliphatic heterocycles. The van der Waals surface area contributed by atoms with Crippen molar-refractivity contribution in [1.29, 1.82) is 0 Å². The first kappa shape index (κ1) is 19.2. The molecule has 0 aliphatic carbocycles. The minimum Gasteiger partial charge on any atom is -0.358 e. The molecule has 2 aliphatic rings. The number of carbonyl (C=O) groups is 1. The van der Waals surface area contributed by atoms with Gasteiger partial charge in [-0.25, -0.2) is 8.42 Å². The third-order valence-electron chi connectivity index (χ3n) is 6.35. The van der Waals surface area contributed by atoms with Gasteiger partial charge in [0.25, 0.3) is 5.91 Å². The molecular formula is C23H25N3O3S. The van der Waals surface area contributed by atoms with E-state index >= 15 is 0 Å². The zero-order chi connectivity index (χ0) is 20.9. The van der Waals surface area contributed by atoms with Crippen molar-refractivity contribution in [2.45, 2.75) is 25.2 Å². The maximum absolute atomic E-state index is 13.0. The average Bonchev–Trinajstić information content (AvgIpc) is 3.37. The number of anilines is 1. The second kappa shape index (κ2) is 7.16. The molecule has 3 heterocycles. The highest BCUT2D eigenvalue weighted by molar-refractivity contribution is 7.92. The lowest BCUT2D eigenvalue weighted by Crippen LogP contribution is -2.38. The van der Waals surface area contributed by atoms with Gasteiger partial charge in [0.1, 0.15) is 0 Å². The molecule has 5 rings (SSSR count). The number of aromatic amines is 1. The van der Waals surface area contributed by atoms with E-state index in [2.05, 4.69) is 23.2 Å². The number of sulfonamides is 1. The number of para-hydroxylation sites is 1. The van der Waals surface area contributed by atoms with Crippen molar-refractivity contribution in [3.63, 3.8) is 0 Å². The van der Waals surface area contributed by atoms with Crippen molar-refractivity contribution in [1.82, 2.24) is 9.88 Å². The second-order valence-corrected chi connectivity index (χ2v) is 10.2. The van der Waals surface area contributed by atoms with Crippen LogP contribution in [-0.4, -0.2) is 50.1 Å². The van der Waals surface area contributed by atoms with E-state index in [9.17, 15) is 13.2 Å². The van der Waals surface area contributed by atoms with Gasteiger partial charge < -0.3 is 9.88 Å². The minimum atomic E-state index is -3.28. The molecule has 1 amide bonds. The summed E-state index contributed by atoms with van der Waals surface area (Å²) in [4.78, 5) is 18.5. The standard InChI is InChI=1S/C23H25N3O3S/c1-30(28,29)26-13-10-18-14-19(6-7-22(18)26)23(27)25-11-8-16(9-12-25)21-15-17-4-2-3-5-20(17)24-21/h2-7,14-16,24H,8-13H2,1H3. The van der Waals surface area contributed by atoms with Crippen LogP contribution < -0.4 is 4.31 Å². The highest BCUT2D eigenvalue weighted by Gasteiger charge is 2.29. The highest BCUT2D eigenvalue weighted by Crippen LogP contribution is 2.33. The van der Waals surface area contributed by atoms with Crippen molar-refractivity contribution in [3.8, 4) is 0 Å². The Bertz CT molecular complexity index is 1190. The Morgan fingerprint density at radius 3 is 2.53 bits per heavy atom. The molecule has 30 heavy (non-hydrogen) atoms. The molecule has 6 nitrogen and oxygen atoms in total. The predicted octanol–water partition coefficient (Wildman–Crippen LogP) is 3.51. The number of H-pyrrole nitrogens is 1.